The second-order valence-corrected chi connectivity index (χ2v) is 4.93. The van der Waals surface area contributed by atoms with Crippen LogP contribution in [0.25, 0.3) is 10.1 Å². The van der Waals surface area contributed by atoms with Crippen LogP contribution in [0.2, 0.25) is 0 Å². The van der Waals surface area contributed by atoms with Crippen LogP contribution < -0.4 is 5.73 Å². The molecule has 1 atom stereocenters. The van der Waals surface area contributed by atoms with E-state index in [1.54, 1.807) is 0 Å². The van der Waals surface area contributed by atoms with E-state index < -0.39 is 0 Å². The first-order valence-corrected chi connectivity index (χ1v) is 5.80. The maximum atomic E-state index is 5.74. The number of rotatable bonds is 3. The number of hydrogen-bond donors (Lipinski definition) is 1. The van der Waals surface area contributed by atoms with E-state index in [0.29, 0.717) is 6.04 Å². The third kappa shape index (κ3) is 2.14. The van der Waals surface area contributed by atoms with Gasteiger partial charge in [-0.05, 0) is 37.3 Å². The van der Waals surface area contributed by atoms with Crippen LogP contribution in [-0.4, -0.2) is 6.04 Å². The van der Waals surface area contributed by atoms with E-state index >= 15 is 0 Å². The Morgan fingerprint density at radius 1 is 1.36 bits per heavy atom. The molecule has 2 rings (SSSR count). The maximum absolute atomic E-state index is 5.74. The molecule has 0 saturated heterocycles. The van der Waals surface area contributed by atoms with Crippen LogP contribution in [0.4, 0.5) is 0 Å². The molecule has 1 aromatic heterocycles. The fourth-order valence-corrected chi connectivity index (χ4v) is 2.61. The first-order valence-electron chi connectivity index (χ1n) is 4.99. The van der Waals surface area contributed by atoms with Gasteiger partial charge in [0.05, 0.1) is 0 Å². The molecule has 74 valence electrons. The molecule has 1 nitrogen and oxygen atoms in total. The minimum Gasteiger partial charge on any atom is -0.328 e. The molecule has 2 heteroatoms. The molecule has 0 fully saturated rings. The van der Waals surface area contributed by atoms with Gasteiger partial charge in [0.25, 0.3) is 0 Å². The Kier molecular flexibility index (Phi) is 2.85. The van der Waals surface area contributed by atoms with Gasteiger partial charge in [0.15, 0.2) is 0 Å². The number of aryl methyl sites for hydroxylation is 1. The first kappa shape index (κ1) is 9.69. The summed E-state index contributed by atoms with van der Waals surface area (Å²) < 4.78 is 1.38. The summed E-state index contributed by atoms with van der Waals surface area (Å²) in [6, 6.07) is 11.1. The number of fused-ring (bicyclic) bond motifs is 1. The summed E-state index contributed by atoms with van der Waals surface area (Å²) in [5.74, 6) is 0. The van der Waals surface area contributed by atoms with E-state index in [1.807, 2.05) is 11.3 Å². The molecule has 0 aliphatic rings. The van der Waals surface area contributed by atoms with Gasteiger partial charge >= 0.3 is 0 Å². The van der Waals surface area contributed by atoms with E-state index in [-0.39, 0.29) is 0 Å². The fraction of sp³-hybridized carbons (Fsp3) is 0.333. The lowest BCUT2D eigenvalue weighted by molar-refractivity contribution is 0.670. The third-order valence-corrected chi connectivity index (χ3v) is 3.50. The van der Waals surface area contributed by atoms with Crippen molar-refractivity contribution in [1.82, 2.24) is 0 Å². The fourth-order valence-electron chi connectivity index (χ4n) is 1.53. The second-order valence-electron chi connectivity index (χ2n) is 3.77. The molecule has 2 aromatic rings. The molecule has 0 aliphatic carbocycles. The molecule has 0 aliphatic heterocycles. The van der Waals surface area contributed by atoms with Gasteiger partial charge in [-0.2, -0.15) is 0 Å². The zero-order valence-electron chi connectivity index (χ0n) is 8.36. The predicted molar refractivity (Wildman–Crippen MR) is 63.8 cm³/mol. The minimum atomic E-state index is 0.306. The van der Waals surface area contributed by atoms with Gasteiger partial charge in [-0.25, -0.2) is 0 Å². The zero-order chi connectivity index (χ0) is 9.97. The Bertz CT molecular complexity index is 384. The van der Waals surface area contributed by atoms with Crippen LogP contribution in [0.1, 0.15) is 18.2 Å². The Morgan fingerprint density at radius 2 is 2.14 bits per heavy atom. The Balaban J connectivity index is 2.19. The van der Waals surface area contributed by atoms with E-state index in [0.717, 1.165) is 12.8 Å². The van der Waals surface area contributed by atoms with Gasteiger partial charge in [-0.15, -0.1) is 11.3 Å². The summed E-state index contributed by atoms with van der Waals surface area (Å²) in [5, 5.41) is 1.36. The van der Waals surface area contributed by atoms with Crippen LogP contribution in [0.15, 0.2) is 30.3 Å². The predicted octanol–water partition coefficient (Wildman–Crippen LogP) is 3.18. The van der Waals surface area contributed by atoms with Gasteiger partial charge in [-0.3, -0.25) is 0 Å². The number of nitrogens with two attached hydrogens (primary N) is 1. The molecule has 0 radical (unpaired) electrons. The second kappa shape index (κ2) is 4.11. The lowest BCUT2D eigenvalue weighted by Gasteiger charge is -2.01. The van der Waals surface area contributed by atoms with Crippen molar-refractivity contribution in [3.8, 4) is 0 Å². The number of hydrogen-bond acceptors (Lipinski definition) is 2. The molecule has 0 bridgehead atoms. The quantitative estimate of drug-likeness (QED) is 0.818. The van der Waals surface area contributed by atoms with Crippen LogP contribution >= 0.6 is 11.3 Å². The lowest BCUT2D eigenvalue weighted by atomic mass is 10.1. The summed E-state index contributed by atoms with van der Waals surface area (Å²) in [5.41, 5.74) is 5.74. The van der Waals surface area contributed by atoms with Crippen LogP contribution in [0.5, 0.6) is 0 Å². The van der Waals surface area contributed by atoms with Crippen molar-refractivity contribution in [2.24, 2.45) is 5.73 Å². The molecule has 14 heavy (non-hydrogen) atoms. The minimum absolute atomic E-state index is 0.306. The van der Waals surface area contributed by atoms with Crippen molar-refractivity contribution < 1.29 is 0 Å². The van der Waals surface area contributed by atoms with E-state index in [4.69, 9.17) is 5.73 Å². The number of benzene rings is 1. The topological polar surface area (TPSA) is 26.0 Å². The monoisotopic (exact) mass is 205 g/mol. The number of thiophene rings is 1. The largest absolute Gasteiger partial charge is 0.328 e. The molecule has 0 saturated carbocycles. The average molecular weight is 205 g/mol. The van der Waals surface area contributed by atoms with E-state index in [2.05, 4.69) is 37.3 Å². The zero-order valence-corrected chi connectivity index (χ0v) is 9.18. The van der Waals surface area contributed by atoms with Crippen molar-refractivity contribution in [3.05, 3.63) is 35.2 Å². The SMILES string of the molecule is C[C@@H](N)CCc1cc2ccccc2s1. The van der Waals surface area contributed by atoms with E-state index in [9.17, 15) is 0 Å². The molecule has 2 N–H and O–H groups in total. The van der Waals surface area contributed by atoms with Gasteiger partial charge in [-0.1, -0.05) is 18.2 Å². The summed E-state index contributed by atoms with van der Waals surface area (Å²) in [7, 11) is 0. The van der Waals surface area contributed by atoms with Gasteiger partial charge < -0.3 is 5.73 Å². The Morgan fingerprint density at radius 3 is 2.86 bits per heavy atom. The Labute approximate surface area is 88.6 Å². The maximum Gasteiger partial charge on any atom is 0.0345 e. The highest BCUT2D eigenvalue weighted by Gasteiger charge is 2.02. The van der Waals surface area contributed by atoms with Crippen molar-refractivity contribution in [3.63, 3.8) is 0 Å². The van der Waals surface area contributed by atoms with Crippen molar-refractivity contribution in [1.29, 1.82) is 0 Å². The molecule has 1 heterocycles. The average Bonchev–Trinajstić information content (AvgIpc) is 2.57. The summed E-state index contributed by atoms with van der Waals surface area (Å²) in [6.45, 7) is 2.06. The van der Waals surface area contributed by atoms with Crippen LogP contribution in [-0.2, 0) is 6.42 Å². The molecular weight excluding hydrogens is 190 g/mol. The summed E-state index contributed by atoms with van der Waals surface area (Å²) >= 11 is 1.88. The van der Waals surface area contributed by atoms with Gasteiger partial charge in [0, 0.05) is 15.6 Å². The molecule has 1 aromatic carbocycles. The first-order chi connectivity index (χ1) is 6.75. The smallest absolute Gasteiger partial charge is 0.0345 e. The molecule has 0 unspecified atom stereocenters. The molecule has 0 spiro atoms. The summed E-state index contributed by atoms with van der Waals surface area (Å²) in [4.78, 5) is 1.45. The van der Waals surface area contributed by atoms with Gasteiger partial charge in [0.1, 0.15) is 0 Å². The Hall–Kier alpha value is -0.860. The third-order valence-electron chi connectivity index (χ3n) is 2.32. The summed E-state index contributed by atoms with van der Waals surface area (Å²) in [6.07, 6.45) is 2.18. The normalized spacial score (nSPS) is 13.3. The highest BCUT2D eigenvalue weighted by molar-refractivity contribution is 7.19. The highest BCUT2D eigenvalue weighted by Crippen LogP contribution is 2.26. The van der Waals surface area contributed by atoms with E-state index in [1.165, 1.54) is 15.0 Å². The lowest BCUT2D eigenvalue weighted by Crippen LogP contribution is -2.14. The highest BCUT2D eigenvalue weighted by atomic mass is 32.1. The van der Waals surface area contributed by atoms with Gasteiger partial charge in [0.2, 0.25) is 0 Å². The van der Waals surface area contributed by atoms with Crippen LogP contribution in [0, 0.1) is 0 Å². The van der Waals surface area contributed by atoms with Crippen molar-refractivity contribution in [2.75, 3.05) is 0 Å². The molecular formula is C12H15NS. The molecule has 0 amide bonds. The van der Waals surface area contributed by atoms with Crippen molar-refractivity contribution in [2.45, 2.75) is 25.8 Å². The van der Waals surface area contributed by atoms with Crippen LogP contribution in [0.3, 0.4) is 0 Å². The van der Waals surface area contributed by atoms with Crippen molar-refractivity contribution >= 4 is 21.4 Å². The standard InChI is InChI=1S/C12H15NS/c1-9(13)6-7-11-8-10-4-2-3-5-12(10)14-11/h2-5,8-9H,6-7,13H2,1H3/t9-/m1/s1.